The highest BCUT2D eigenvalue weighted by atomic mass is 16.1. The van der Waals surface area contributed by atoms with Crippen molar-refractivity contribution < 1.29 is 4.79 Å². The second-order valence-electron chi connectivity index (χ2n) is 6.17. The van der Waals surface area contributed by atoms with E-state index in [0.717, 1.165) is 25.1 Å². The van der Waals surface area contributed by atoms with Crippen molar-refractivity contribution >= 4 is 16.8 Å². The quantitative estimate of drug-likeness (QED) is 0.921. The van der Waals surface area contributed by atoms with Gasteiger partial charge in [0.1, 0.15) is 0 Å². The molecule has 1 aliphatic rings. The third-order valence-corrected chi connectivity index (χ3v) is 4.86. The molecule has 0 spiro atoms. The summed E-state index contributed by atoms with van der Waals surface area (Å²) in [6.07, 6.45) is 2.30. The van der Waals surface area contributed by atoms with Gasteiger partial charge in [0.05, 0.1) is 0 Å². The van der Waals surface area contributed by atoms with Gasteiger partial charge in [0.25, 0.3) is 5.91 Å². The van der Waals surface area contributed by atoms with E-state index in [2.05, 4.69) is 41.7 Å². The molecule has 2 aromatic rings. The SMILES string of the molecule is CCc1c(C)c2cc(C(=O)NCCN3CCC3)ccc2n1C. The molecule has 1 N–H and O–H groups in total. The van der Waals surface area contributed by atoms with Crippen LogP contribution in [-0.2, 0) is 13.5 Å². The van der Waals surface area contributed by atoms with E-state index >= 15 is 0 Å². The lowest BCUT2D eigenvalue weighted by molar-refractivity contribution is 0.0941. The standard InChI is InChI=1S/C18H25N3O/c1-4-16-13(2)15-12-14(6-7-17(15)20(16)3)18(22)19-8-11-21-9-5-10-21/h6-7,12H,4-5,8-11H2,1-3H3,(H,19,22). The summed E-state index contributed by atoms with van der Waals surface area (Å²) in [5.74, 6) is 0.0312. The Morgan fingerprint density at radius 2 is 2.09 bits per heavy atom. The van der Waals surface area contributed by atoms with Gasteiger partial charge in [-0.05, 0) is 56.6 Å². The van der Waals surface area contributed by atoms with Crippen LogP contribution in [0.1, 0.15) is 35.0 Å². The molecule has 3 rings (SSSR count). The summed E-state index contributed by atoms with van der Waals surface area (Å²) in [5.41, 5.74) is 4.58. The molecule has 1 saturated heterocycles. The van der Waals surface area contributed by atoms with Crippen molar-refractivity contribution in [1.82, 2.24) is 14.8 Å². The van der Waals surface area contributed by atoms with Gasteiger partial charge in [0, 0.05) is 42.3 Å². The maximum Gasteiger partial charge on any atom is 0.251 e. The summed E-state index contributed by atoms with van der Waals surface area (Å²) in [7, 11) is 2.10. The fraction of sp³-hybridized carbons (Fsp3) is 0.500. The van der Waals surface area contributed by atoms with E-state index in [-0.39, 0.29) is 5.91 Å². The molecule has 1 aromatic heterocycles. The maximum absolute atomic E-state index is 12.3. The van der Waals surface area contributed by atoms with Crippen LogP contribution in [0.25, 0.3) is 10.9 Å². The Morgan fingerprint density at radius 1 is 1.32 bits per heavy atom. The average Bonchev–Trinajstić information content (AvgIpc) is 2.72. The molecule has 0 unspecified atom stereocenters. The van der Waals surface area contributed by atoms with Gasteiger partial charge >= 0.3 is 0 Å². The molecule has 2 heterocycles. The van der Waals surface area contributed by atoms with Gasteiger partial charge in [-0.25, -0.2) is 0 Å². The van der Waals surface area contributed by atoms with Crippen molar-refractivity contribution in [3.05, 3.63) is 35.0 Å². The molecular formula is C18H25N3O. The highest BCUT2D eigenvalue weighted by molar-refractivity contribution is 5.99. The first-order valence-corrected chi connectivity index (χ1v) is 8.20. The Morgan fingerprint density at radius 3 is 2.73 bits per heavy atom. The minimum Gasteiger partial charge on any atom is -0.351 e. The number of amides is 1. The zero-order valence-electron chi connectivity index (χ0n) is 13.8. The first-order valence-electron chi connectivity index (χ1n) is 8.20. The Bertz CT molecular complexity index is 698. The van der Waals surface area contributed by atoms with Gasteiger partial charge in [0.2, 0.25) is 0 Å². The number of rotatable bonds is 5. The molecule has 0 saturated carbocycles. The number of likely N-dealkylation sites (tertiary alicyclic amines) is 1. The van der Waals surface area contributed by atoms with Crippen molar-refractivity contribution in [2.45, 2.75) is 26.7 Å². The first kappa shape index (κ1) is 15.1. The van der Waals surface area contributed by atoms with Crippen LogP contribution in [0.3, 0.4) is 0 Å². The van der Waals surface area contributed by atoms with Crippen LogP contribution in [0.15, 0.2) is 18.2 Å². The summed E-state index contributed by atoms with van der Waals surface area (Å²) in [5, 5.41) is 4.22. The minimum absolute atomic E-state index is 0.0312. The third kappa shape index (κ3) is 2.63. The van der Waals surface area contributed by atoms with E-state index in [1.54, 1.807) is 0 Å². The Labute approximate surface area is 132 Å². The number of aromatic nitrogens is 1. The lowest BCUT2D eigenvalue weighted by Gasteiger charge is -2.30. The molecule has 0 aliphatic carbocycles. The molecular weight excluding hydrogens is 274 g/mol. The smallest absolute Gasteiger partial charge is 0.251 e. The Balaban J connectivity index is 1.75. The van der Waals surface area contributed by atoms with Gasteiger partial charge in [-0.2, -0.15) is 0 Å². The van der Waals surface area contributed by atoms with Crippen molar-refractivity contribution in [2.24, 2.45) is 7.05 Å². The molecule has 1 aliphatic heterocycles. The largest absolute Gasteiger partial charge is 0.351 e. The number of fused-ring (bicyclic) bond motifs is 1. The van der Waals surface area contributed by atoms with Gasteiger partial charge < -0.3 is 14.8 Å². The van der Waals surface area contributed by atoms with Crippen LogP contribution in [0, 0.1) is 6.92 Å². The zero-order chi connectivity index (χ0) is 15.7. The zero-order valence-corrected chi connectivity index (χ0v) is 13.8. The number of carbonyl (C=O) groups is 1. The molecule has 1 amide bonds. The molecule has 22 heavy (non-hydrogen) atoms. The second kappa shape index (κ2) is 6.13. The van der Waals surface area contributed by atoms with E-state index in [9.17, 15) is 4.79 Å². The lowest BCUT2D eigenvalue weighted by atomic mass is 10.1. The summed E-state index contributed by atoms with van der Waals surface area (Å²) >= 11 is 0. The molecule has 0 atom stereocenters. The number of carbonyl (C=O) groups excluding carboxylic acids is 1. The highest BCUT2D eigenvalue weighted by Gasteiger charge is 2.15. The number of nitrogens with one attached hydrogen (secondary N) is 1. The average molecular weight is 299 g/mol. The fourth-order valence-electron chi connectivity index (χ4n) is 3.36. The number of aryl methyl sites for hydroxylation is 2. The summed E-state index contributed by atoms with van der Waals surface area (Å²) in [4.78, 5) is 14.7. The van der Waals surface area contributed by atoms with E-state index in [4.69, 9.17) is 0 Å². The van der Waals surface area contributed by atoms with Crippen LogP contribution < -0.4 is 5.32 Å². The first-order chi connectivity index (χ1) is 10.6. The summed E-state index contributed by atoms with van der Waals surface area (Å²) in [6, 6.07) is 6.02. The van der Waals surface area contributed by atoms with E-state index in [1.807, 2.05) is 12.1 Å². The van der Waals surface area contributed by atoms with Gasteiger partial charge in [-0.15, -0.1) is 0 Å². The summed E-state index contributed by atoms with van der Waals surface area (Å²) in [6.45, 7) is 8.34. The minimum atomic E-state index is 0.0312. The van der Waals surface area contributed by atoms with Crippen LogP contribution in [0.5, 0.6) is 0 Å². The van der Waals surface area contributed by atoms with Gasteiger partial charge in [-0.1, -0.05) is 6.92 Å². The predicted molar refractivity (Wildman–Crippen MR) is 90.4 cm³/mol. The van der Waals surface area contributed by atoms with E-state index in [0.29, 0.717) is 0 Å². The fourth-order valence-corrected chi connectivity index (χ4v) is 3.36. The van der Waals surface area contributed by atoms with E-state index in [1.165, 1.54) is 41.7 Å². The normalized spacial score (nSPS) is 15.0. The number of nitrogens with zero attached hydrogens (tertiary/aromatic N) is 2. The molecule has 0 bridgehead atoms. The van der Waals surface area contributed by atoms with Crippen molar-refractivity contribution in [3.8, 4) is 0 Å². The lowest BCUT2D eigenvalue weighted by Crippen LogP contribution is -2.42. The number of benzene rings is 1. The second-order valence-corrected chi connectivity index (χ2v) is 6.17. The Kier molecular flexibility index (Phi) is 4.21. The monoisotopic (exact) mass is 299 g/mol. The van der Waals surface area contributed by atoms with Crippen molar-refractivity contribution in [2.75, 3.05) is 26.2 Å². The van der Waals surface area contributed by atoms with Gasteiger partial charge in [-0.3, -0.25) is 4.79 Å². The topological polar surface area (TPSA) is 37.3 Å². The van der Waals surface area contributed by atoms with Gasteiger partial charge in [0.15, 0.2) is 0 Å². The van der Waals surface area contributed by atoms with Crippen LogP contribution in [-0.4, -0.2) is 41.6 Å². The number of hydrogen-bond donors (Lipinski definition) is 1. The molecule has 0 radical (unpaired) electrons. The van der Waals surface area contributed by atoms with Crippen LogP contribution >= 0.6 is 0 Å². The third-order valence-electron chi connectivity index (χ3n) is 4.86. The maximum atomic E-state index is 12.3. The summed E-state index contributed by atoms with van der Waals surface area (Å²) < 4.78 is 2.23. The molecule has 1 aromatic carbocycles. The van der Waals surface area contributed by atoms with Crippen molar-refractivity contribution in [3.63, 3.8) is 0 Å². The molecule has 4 heteroatoms. The highest BCUT2D eigenvalue weighted by Crippen LogP contribution is 2.26. The predicted octanol–water partition coefficient (Wildman–Crippen LogP) is 2.48. The van der Waals surface area contributed by atoms with Crippen LogP contribution in [0.4, 0.5) is 0 Å². The molecule has 4 nitrogen and oxygen atoms in total. The number of hydrogen-bond acceptors (Lipinski definition) is 2. The molecule has 118 valence electrons. The van der Waals surface area contributed by atoms with Crippen LogP contribution in [0.2, 0.25) is 0 Å². The molecule has 1 fully saturated rings. The van der Waals surface area contributed by atoms with Crippen molar-refractivity contribution in [1.29, 1.82) is 0 Å². The van der Waals surface area contributed by atoms with E-state index < -0.39 is 0 Å². The Hall–Kier alpha value is -1.81.